The van der Waals surface area contributed by atoms with Gasteiger partial charge in [-0.15, -0.1) is 0 Å². The molecular weight excluding hydrogens is 344 g/mol. The number of nitrogens with one attached hydrogen (secondary N) is 1. The Balaban J connectivity index is 2.42. The van der Waals surface area contributed by atoms with Crippen LogP contribution in [0, 0.1) is 6.92 Å². The van der Waals surface area contributed by atoms with Crippen molar-refractivity contribution in [2.75, 3.05) is 30.3 Å². The van der Waals surface area contributed by atoms with Crippen LogP contribution in [0.25, 0.3) is 0 Å². The largest absolute Gasteiger partial charge is 0.383 e. The third-order valence-corrected chi connectivity index (χ3v) is 6.67. The number of carbonyl (C=O) groups is 1. The summed E-state index contributed by atoms with van der Waals surface area (Å²) < 4.78 is 56.4. The van der Waals surface area contributed by atoms with Crippen molar-refractivity contribution >= 4 is 31.6 Å². The van der Waals surface area contributed by atoms with Gasteiger partial charge >= 0.3 is 0 Å². The van der Waals surface area contributed by atoms with E-state index in [-0.39, 0.29) is 35.9 Å². The Kier molecular flexibility index (Phi) is 5.09. The predicted octanol–water partition coefficient (Wildman–Crippen LogP) is -0.0138. The minimum absolute atomic E-state index is 0.0326. The zero-order chi connectivity index (χ0) is 17.3. The first-order chi connectivity index (χ1) is 10.7. The molecule has 1 aliphatic rings. The van der Waals surface area contributed by atoms with Gasteiger partial charge in [-0.05, 0) is 24.6 Å². The SMILES string of the molecule is COCCNS(=O)(=O)c1cc(N2C(=O)CCS2(=O)=O)ccc1C. The summed E-state index contributed by atoms with van der Waals surface area (Å²) in [6.07, 6.45) is -0.107. The molecule has 0 aliphatic carbocycles. The van der Waals surface area contributed by atoms with Crippen LogP contribution in [-0.2, 0) is 29.6 Å². The Morgan fingerprint density at radius 1 is 1.35 bits per heavy atom. The van der Waals surface area contributed by atoms with E-state index in [4.69, 9.17) is 4.74 Å². The molecule has 8 nitrogen and oxygen atoms in total. The Morgan fingerprint density at radius 3 is 2.61 bits per heavy atom. The first-order valence-corrected chi connectivity index (χ1v) is 9.93. The summed E-state index contributed by atoms with van der Waals surface area (Å²) in [6, 6.07) is 4.09. The molecule has 1 heterocycles. The van der Waals surface area contributed by atoms with E-state index in [1.807, 2.05) is 0 Å². The Bertz CT molecular complexity index is 817. The van der Waals surface area contributed by atoms with Crippen LogP contribution in [0.2, 0.25) is 0 Å². The molecule has 1 saturated heterocycles. The summed E-state index contributed by atoms with van der Waals surface area (Å²) >= 11 is 0. The maximum Gasteiger partial charge on any atom is 0.242 e. The number of aryl methyl sites for hydroxylation is 1. The van der Waals surface area contributed by atoms with Crippen molar-refractivity contribution in [1.82, 2.24) is 4.72 Å². The number of carbonyl (C=O) groups excluding carboxylic acids is 1. The Morgan fingerprint density at radius 2 is 2.04 bits per heavy atom. The van der Waals surface area contributed by atoms with E-state index in [1.165, 1.54) is 25.3 Å². The second-order valence-corrected chi connectivity index (χ2v) is 8.74. The fraction of sp³-hybridized carbons (Fsp3) is 0.462. The second-order valence-electron chi connectivity index (χ2n) is 5.06. The van der Waals surface area contributed by atoms with E-state index in [1.54, 1.807) is 6.92 Å². The molecule has 1 fully saturated rings. The number of rotatable bonds is 6. The lowest BCUT2D eigenvalue weighted by Crippen LogP contribution is -2.31. The number of hydrogen-bond acceptors (Lipinski definition) is 6. The van der Waals surface area contributed by atoms with Crippen molar-refractivity contribution in [1.29, 1.82) is 0 Å². The summed E-state index contributed by atoms with van der Waals surface area (Å²) in [6.45, 7) is 1.88. The lowest BCUT2D eigenvalue weighted by Gasteiger charge is -2.17. The van der Waals surface area contributed by atoms with Gasteiger partial charge in [-0.1, -0.05) is 6.07 Å². The second kappa shape index (κ2) is 6.56. The Labute approximate surface area is 135 Å². The number of sulfonamides is 2. The van der Waals surface area contributed by atoms with Crippen molar-refractivity contribution < 1.29 is 26.4 Å². The number of nitrogens with zero attached hydrogens (tertiary/aromatic N) is 1. The van der Waals surface area contributed by atoms with Crippen LogP contribution in [0.15, 0.2) is 23.1 Å². The first-order valence-electron chi connectivity index (χ1n) is 6.84. The number of benzene rings is 1. The summed E-state index contributed by atoms with van der Waals surface area (Å²) in [7, 11) is -6.12. The molecule has 0 radical (unpaired) electrons. The van der Waals surface area contributed by atoms with Gasteiger partial charge in [0.15, 0.2) is 0 Å². The molecule has 1 amide bonds. The zero-order valence-electron chi connectivity index (χ0n) is 12.8. The lowest BCUT2D eigenvalue weighted by atomic mass is 10.2. The number of hydrogen-bond donors (Lipinski definition) is 1. The number of ether oxygens (including phenoxy) is 1. The molecule has 10 heteroatoms. The topological polar surface area (TPSA) is 110 Å². The highest BCUT2D eigenvalue weighted by Crippen LogP contribution is 2.28. The molecule has 128 valence electrons. The quantitative estimate of drug-likeness (QED) is 0.713. The van der Waals surface area contributed by atoms with E-state index in [0.717, 1.165) is 0 Å². The highest BCUT2D eigenvalue weighted by atomic mass is 32.2. The number of anilines is 1. The third-order valence-electron chi connectivity index (χ3n) is 3.37. The van der Waals surface area contributed by atoms with Crippen LogP contribution in [0.3, 0.4) is 0 Å². The predicted molar refractivity (Wildman–Crippen MR) is 84.1 cm³/mol. The van der Waals surface area contributed by atoms with Crippen molar-refractivity contribution in [3.8, 4) is 0 Å². The molecule has 2 rings (SSSR count). The molecule has 0 saturated carbocycles. The van der Waals surface area contributed by atoms with Crippen LogP contribution in [0.4, 0.5) is 5.69 Å². The molecule has 0 spiro atoms. The van der Waals surface area contributed by atoms with Gasteiger partial charge in [-0.2, -0.15) is 0 Å². The van der Waals surface area contributed by atoms with Gasteiger partial charge in [0.05, 0.1) is 22.9 Å². The van der Waals surface area contributed by atoms with Crippen LogP contribution in [0.5, 0.6) is 0 Å². The minimum Gasteiger partial charge on any atom is -0.383 e. The molecule has 1 N–H and O–H groups in total. The van der Waals surface area contributed by atoms with Gasteiger partial charge < -0.3 is 4.74 Å². The van der Waals surface area contributed by atoms with Crippen molar-refractivity contribution in [2.24, 2.45) is 0 Å². The molecule has 1 aromatic carbocycles. The number of amides is 1. The van der Waals surface area contributed by atoms with E-state index >= 15 is 0 Å². The van der Waals surface area contributed by atoms with Crippen LogP contribution in [-0.4, -0.2) is 48.8 Å². The van der Waals surface area contributed by atoms with Crippen molar-refractivity contribution in [2.45, 2.75) is 18.2 Å². The lowest BCUT2D eigenvalue weighted by molar-refractivity contribution is -0.116. The fourth-order valence-corrected chi connectivity index (χ4v) is 4.96. The van der Waals surface area contributed by atoms with Gasteiger partial charge in [0.25, 0.3) is 0 Å². The van der Waals surface area contributed by atoms with Gasteiger partial charge in [-0.3, -0.25) is 4.79 Å². The van der Waals surface area contributed by atoms with Crippen molar-refractivity contribution in [3.05, 3.63) is 23.8 Å². The summed E-state index contributed by atoms with van der Waals surface area (Å²) in [5, 5.41) is 0. The van der Waals surface area contributed by atoms with Gasteiger partial charge in [0, 0.05) is 20.1 Å². The first kappa shape index (κ1) is 17.9. The van der Waals surface area contributed by atoms with E-state index in [2.05, 4.69) is 4.72 Å². The highest BCUT2D eigenvalue weighted by molar-refractivity contribution is 7.94. The van der Waals surface area contributed by atoms with Gasteiger partial charge in [0.1, 0.15) is 0 Å². The monoisotopic (exact) mass is 362 g/mol. The third kappa shape index (κ3) is 3.71. The fourth-order valence-electron chi connectivity index (χ4n) is 2.23. The van der Waals surface area contributed by atoms with Gasteiger partial charge in [-0.25, -0.2) is 25.9 Å². The highest BCUT2D eigenvalue weighted by Gasteiger charge is 2.36. The summed E-state index contributed by atoms with van der Waals surface area (Å²) in [5.74, 6) is -0.835. The molecule has 1 aliphatic heterocycles. The van der Waals surface area contributed by atoms with E-state index < -0.39 is 26.0 Å². The van der Waals surface area contributed by atoms with Gasteiger partial charge in [0.2, 0.25) is 26.0 Å². The van der Waals surface area contributed by atoms with Crippen LogP contribution >= 0.6 is 0 Å². The molecule has 23 heavy (non-hydrogen) atoms. The molecular formula is C13H18N2O6S2. The minimum atomic E-state index is -3.83. The maximum atomic E-state index is 12.3. The van der Waals surface area contributed by atoms with E-state index in [9.17, 15) is 21.6 Å². The zero-order valence-corrected chi connectivity index (χ0v) is 14.4. The van der Waals surface area contributed by atoms with Crippen LogP contribution in [0.1, 0.15) is 12.0 Å². The summed E-state index contributed by atoms with van der Waals surface area (Å²) in [5.41, 5.74) is 0.480. The molecule has 1 aromatic rings. The molecule has 0 atom stereocenters. The van der Waals surface area contributed by atoms with Crippen LogP contribution < -0.4 is 9.03 Å². The average Bonchev–Trinajstić information content (AvgIpc) is 2.73. The molecule has 0 aromatic heterocycles. The summed E-state index contributed by atoms with van der Waals surface area (Å²) in [4.78, 5) is 11.7. The van der Waals surface area contributed by atoms with Crippen molar-refractivity contribution in [3.63, 3.8) is 0 Å². The standard InChI is InChI=1S/C13H18N2O6S2/c1-10-3-4-11(15-13(16)5-8-22(15,17)18)9-12(10)23(19,20)14-6-7-21-2/h3-4,9,14H,5-8H2,1-2H3. The Hall–Kier alpha value is -1.49. The van der Waals surface area contributed by atoms with E-state index in [0.29, 0.717) is 9.87 Å². The molecule has 0 bridgehead atoms. The average molecular weight is 362 g/mol. The molecule has 0 unspecified atom stereocenters. The smallest absolute Gasteiger partial charge is 0.242 e. The maximum absolute atomic E-state index is 12.3. The normalized spacial score (nSPS) is 17.7. The number of methoxy groups -OCH3 is 1.